The fraction of sp³-hybridized carbons (Fsp3) is 0.667. The average molecular weight is 210 g/mol. The van der Waals surface area contributed by atoms with Crippen LogP contribution < -0.4 is 0 Å². The molecule has 0 saturated carbocycles. The normalized spacial score (nSPS) is 5.43. The van der Waals surface area contributed by atoms with Gasteiger partial charge < -0.3 is 0 Å². The van der Waals surface area contributed by atoms with Gasteiger partial charge in [0.1, 0.15) is 0 Å². The van der Waals surface area contributed by atoms with E-state index in [1.54, 1.807) is 0 Å². The molecule has 0 heterocycles. The zero-order chi connectivity index (χ0) is 4.83. The second-order valence-electron chi connectivity index (χ2n) is 1.18. The molecule has 0 aliphatic rings. The van der Waals surface area contributed by atoms with Crippen LogP contribution in [0.5, 0.6) is 0 Å². The van der Waals surface area contributed by atoms with Crippen LogP contribution in [0.25, 0.3) is 0 Å². The Hall–Kier alpha value is 0.290. The molecule has 0 amide bonds. The smallest absolute Gasteiger partial charge is 0.00859 e. The minimum absolute atomic E-state index is 0. The molecule has 0 saturated heterocycles. The monoisotopic (exact) mass is 210 g/mol. The van der Waals surface area contributed by atoms with E-state index in [2.05, 4.69) is 18.8 Å². The molecule has 1 heteroatoms. The summed E-state index contributed by atoms with van der Waals surface area (Å²) in [5, 5.41) is 0. The summed E-state index contributed by atoms with van der Waals surface area (Å²) in [6, 6.07) is 0. The molecule has 0 aromatic heterocycles. The Kier molecular flexibility index (Phi) is 14.1. The molecule has 0 aliphatic carbocycles. The van der Waals surface area contributed by atoms with Gasteiger partial charge in [-0.25, -0.2) is 0 Å². The van der Waals surface area contributed by atoms with E-state index in [4.69, 9.17) is 0 Å². The highest BCUT2D eigenvalue weighted by Crippen LogP contribution is 1.79. The summed E-state index contributed by atoms with van der Waals surface area (Å²) in [6.07, 6.45) is 2.23. The molecule has 0 unspecified atom stereocenters. The van der Waals surface area contributed by atoms with Crippen molar-refractivity contribution in [2.24, 2.45) is 0 Å². The van der Waals surface area contributed by atoms with Gasteiger partial charge >= 0.3 is 0 Å². The summed E-state index contributed by atoms with van der Waals surface area (Å²) in [4.78, 5) is 0. The largest absolute Gasteiger partial charge is 0.107 e. The van der Waals surface area contributed by atoms with Gasteiger partial charge in [-0.1, -0.05) is 6.92 Å². The lowest BCUT2D eigenvalue weighted by atomic mass is 10.3. The van der Waals surface area contributed by atoms with Gasteiger partial charge in [-0.2, -0.15) is 0 Å². The molecule has 0 atom stereocenters. The highest BCUT2D eigenvalue weighted by atomic mass is 127. The summed E-state index contributed by atoms with van der Waals surface area (Å²) in [5.74, 6) is 5.77. The molecule has 0 N–H and O–H groups in total. The summed E-state index contributed by atoms with van der Waals surface area (Å²) >= 11 is 0. The van der Waals surface area contributed by atoms with Crippen LogP contribution in [0.3, 0.4) is 0 Å². The van der Waals surface area contributed by atoms with Gasteiger partial charge in [0, 0.05) is 6.42 Å². The molecule has 0 nitrogen and oxygen atoms in total. The second-order valence-corrected chi connectivity index (χ2v) is 1.18. The van der Waals surface area contributed by atoms with E-state index in [-0.39, 0.29) is 24.0 Å². The molecule has 42 valence electrons. The van der Waals surface area contributed by atoms with E-state index in [9.17, 15) is 0 Å². The number of rotatable bonds is 1. The molecule has 0 bridgehead atoms. The Morgan fingerprint density at radius 2 is 2.00 bits per heavy atom. The Morgan fingerprint density at radius 3 is 2.14 bits per heavy atom. The standard InChI is InChI=1S/C6H10.HI/c1-3-5-6-4-2;/h3,5H2,1-2H3;1H. The predicted octanol–water partition coefficient (Wildman–Crippen LogP) is 2.43. The van der Waals surface area contributed by atoms with E-state index in [0.29, 0.717) is 0 Å². The first kappa shape index (κ1) is 10.3. The van der Waals surface area contributed by atoms with Gasteiger partial charge in [-0.05, 0) is 13.3 Å². The van der Waals surface area contributed by atoms with E-state index < -0.39 is 0 Å². The summed E-state index contributed by atoms with van der Waals surface area (Å²) in [7, 11) is 0. The highest BCUT2D eigenvalue weighted by Gasteiger charge is 1.63. The van der Waals surface area contributed by atoms with Crippen molar-refractivity contribution in [1.29, 1.82) is 0 Å². The quantitative estimate of drug-likeness (QED) is 0.460. The van der Waals surface area contributed by atoms with E-state index in [1.165, 1.54) is 6.42 Å². The van der Waals surface area contributed by atoms with Crippen LogP contribution in [0.2, 0.25) is 0 Å². The molecular formula is C6H11I. The van der Waals surface area contributed by atoms with Gasteiger partial charge in [0.05, 0.1) is 0 Å². The lowest BCUT2D eigenvalue weighted by Gasteiger charge is -1.71. The fourth-order valence-electron chi connectivity index (χ4n) is 0.250. The molecule has 0 aliphatic heterocycles. The third kappa shape index (κ3) is 10.7. The molecule has 0 fully saturated rings. The molecule has 0 aromatic rings. The molecular weight excluding hydrogens is 199 g/mol. The summed E-state index contributed by atoms with van der Waals surface area (Å²) < 4.78 is 0. The number of unbranched alkanes of at least 4 members (excludes halogenated alkanes) is 1. The zero-order valence-corrected chi connectivity index (χ0v) is 7.15. The Morgan fingerprint density at radius 1 is 1.43 bits per heavy atom. The molecule has 0 rings (SSSR count). The van der Waals surface area contributed by atoms with Gasteiger partial charge in [-0.15, -0.1) is 35.8 Å². The zero-order valence-electron chi connectivity index (χ0n) is 4.82. The Bertz CT molecular complexity index is 66.0. The van der Waals surface area contributed by atoms with Gasteiger partial charge in [-0.3, -0.25) is 0 Å². The van der Waals surface area contributed by atoms with E-state index >= 15 is 0 Å². The van der Waals surface area contributed by atoms with Crippen LogP contribution in [-0.4, -0.2) is 0 Å². The van der Waals surface area contributed by atoms with Gasteiger partial charge in [0.15, 0.2) is 0 Å². The summed E-state index contributed by atoms with van der Waals surface area (Å²) in [6.45, 7) is 4.00. The second kappa shape index (κ2) is 9.56. The topological polar surface area (TPSA) is 0 Å². The van der Waals surface area contributed by atoms with Crippen molar-refractivity contribution in [2.45, 2.75) is 26.7 Å². The minimum atomic E-state index is 0. The van der Waals surface area contributed by atoms with Crippen LogP contribution in [-0.2, 0) is 0 Å². The van der Waals surface area contributed by atoms with Crippen molar-refractivity contribution in [2.75, 3.05) is 0 Å². The lowest BCUT2D eigenvalue weighted by molar-refractivity contribution is 0.983. The average Bonchev–Trinajstić information content (AvgIpc) is 1.61. The number of halogens is 1. The van der Waals surface area contributed by atoms with Crippen molar-refractivity contribution in [3.8, 4) is 11.8 Å². The van der Waals surface area contributed by atoms with Crippen molar-refractivity contribution < 1.29 is 0 Å². The van der Waals surface area contributed by atoms with Crippen molar-refractivity contribution in [3.05, 3.63) is 0 Å². The number of hydrogen-bond donors (Lipinski definition) is 0. The van der Waals surface area contributed by atoms with Crippen LogP contribution in [0.15, 0.2) is 0 Å². The van der Waals surface area contributed by atoms with Gasteiger partial charge in [0.25, 0.3) is 0 Å². The van der Waals surface area contributed by atoms with Crippen LogP contribution >= 0.6 is 24.0 Å². The van der Waals surface area contributed by atoms with Crippen molar-refractivity contribution in [3.63, 3.8) is 0 Å². The van der Waals surface area contributed by atoms with Crippen LogP contribution in [0.1, 0.15) is 26.7 Å². The first-order chi connectivity index (χ1) is 2.91. The Balaban J connectivity index is 0. The minimum Gasteiger partial charge on any atom is -0.107 e. The van der Waals surface area contributed by atoms with Gasteiger partial charge in [0.2, 0.25) is 0 Å². The maximum atomic E-state index is 2.95. The maximum Gasteiger partial charge on any atom is 0.00859 e. The Labute approximate surface area is 62.7 Å². The summed E-state index contributed by atoms with van der Waals surface area (Å²) in [5.41, 5.74) is 0. The maximum absolute atomic E-state index is 2.95. The molecule has 0 radical (unpaired) electrons. The van der Waals surface area contributed by atoms with Crippen molar-refractivity contribution in [1.82, 2.24) is 0 Å². The third-order valence-corrected chi connectivity index (χ3v) is 0.552. The lowest BCUT2D eigenvalue weighted by Crippen LogP contribution is -1.56. The fourth-order valence-corrected chi connectivity index (χ4v) is 0.250. The predicted molar refractivity (Wildman–Crippen MR) is 43.8 cm³/mol. The molecule has 0 spiro atoms. The van der Waals surface area contributed by atoms with Crippen molar-refractivity contribution >= 4 is 24.0 Å². The highest BCUT2D eigenvalue weighted by molar-refractivity contribution is 14.0. The van der Waals surface area contributed by atoms with E-state index in [0.717, 1.165) is 6.42 Å². The molecule has 7 heavy (non-hydrogen) atoms. The first-order valence-electron chi connectivity index (χ1n) is 2.31. The first-order valence-corrected chi connectivity index (χ1v) is 2.31. The SMILES string of the molecule is CC#CCCC.I. The van der Waals surface area contributed by atoms with Crippen LogP contribution in [0.4, 0.5) is 0 Å². The number of hydrogen-bond acceptors (Lipinski definition) is 0. The molecule has 0 aromatic carbocycles. The third-order valence-electron chi connectivity index (χ3n) is 0.552. The van der Waals surface area contributed by atoms with E-state index in [1.807, 2.05) is 6.92 Å². The van der Waals surface area contributed by atoms with Crippen LogP contribution in [0, 0.1) is 11.8 Å².